The summed E-state index contributed by atoms with van der Waals surface area (Å²) in [5.74, 6) is 0.0112. The highest BCUT2D eigenvalue weighted by molar-refractivity contribution is 5.96. The van der Waals surface area contributed by atoms with Gasteiger partial charge >= 0.3 is 0 Å². The van der Waals surface area contributed by atoms with Crippen molar-refractivity contribution in [3.8, 4) is 0 Å². The first kappa shape index (κ1) is 19.0. The number of nitrogens with one attached hydrogen (secondary N) is 2. The lowest BCUT2D eigenvalue weighted by molar-refractivity contribution is -0.119. The topological polar surface area (TPSA) is 78.5 Å². The highest BCUT2D eigenvalue weighted by atomic mass is 16.2. The van der Waals surface area contributed by atoms with Gasteiger partial charge in [0.05, 0.1) is 0 Å². The maximum atomic E-state index is 12.3. The third-order valence-corrected chi connectivity index (χ3v) is 4.26. The molecule has 3 amide bonds. The number of benzene rings is 1. The SMILES string of the molecule is CC(=O)NCCCCCC(=O)Nc1ccc(C(=O)N2CCCC2)cc1. The normalized spacial score (nSPS) is 13.6. The van der Waals surface area contributed by atoms with Gasteiger partial charge in [0.1, 0.15) is 0 Å². The zero-order valence-electron chi connectivity index (χ0n) is 14.8. The molecule has 0 unspecified atom stereocenters. The Morgan fingerprint density at radius 2 is 1.68 bits per heavy atom. The Hall–Kier alpha value is -2.37. The van der Waals surface area contributed by atoms with Gasteiger partial charge in [0.15, 0.2) is 0 Å². The Labute approximate surface area is 149 Å². The summed E-state index contributed by atoms with van der Waals surface area (Å²) in [6, 6.07) is 7.09. The van der Waals surface area contributed by atoms with Gasteiger partial charge in [-0.1, -0.05) is 6.42 Å². The molecule has 0 saturated carbocycles. The van der Waals surface area contributed by atoms with Crippen LogP contribution in [0.25, 0.3) is 0 Å². The van der Waals surface area contributed by atoms with Crippen molar-refractivity contribution in [2.45, 2.75) is 45.4 Å². The van der Waals surface area contributed by atoms with Crippen LogP contribution in [0.3, 0.4) is 0 Å². The highest BCUT2D eigenvalue weighted by Crippen LogP contribution is 2.15. The molecule has 25 heavy (non-hydrogen) atoms. The second-order valence-electron chi connectivity index (χ2n) is 6.42. The van der Waals surface area contributed by atoms with Crippen LogP contribution in [0.5, 0.6) is 0 Å². The molecule has 2 rings (SSSR count). The molecule has 1 saturated heterocycles. The first-order valence-electron chi connectivity index (χ1n) is 9.00. The number of carbonyl (C=O) groups is 3. The molecular formula is C19H27N3O3. The van der Waals surface area contributed by atoms with Gasteiger partial charge in [-0.3, -0.25) is 14.4 Å². The zero-order chi connectivity index (χ0) is 18.1. The Morgan fingerprint density at radius 3 is 2.32 bits per heavy atom. The number of carbonyl (C=O) groups excluding carboxylic acids is 3. The monoisotopic (exact) mass is 345 g/mol. The molecule has 2 N–H and O–H groups in total. The van der Waals surface area contributed by atoms with E-state index in [1.807, 2.05) is 4.90 Å². The molecule has 1 heterocycles. The van der Waals surface area contributed by atoms with Gasteiger partial charge in [-0.05, 0) is 49.9 Å². The van der Waals surface area contributed by atoms with E-state index >= 15 is 0 Å². The maximum absolute atomic E-state index is 12.3. The van der Waals surface area contributed by atoms with Crippen LogP contribution < -0.4 is 10.6 Å². The smallest absolute Gasteiger partial charge is 0.253 e. The van der Waals surface area contributed by atoms with E-state index in [1.54, 1.807) is 24.3 Å². The van der Waals surface area contributed by atoms with Crippen LogP contribution in [0.15, 0.2) is 24.3 Å². The average molecular weight is 345 g/mol. The maximum Gasteiger partial charge on any atom is 0.253 e. The van der Waals surface area contributed by atoms with Gasteiger partial charge in [0.25, 0.3) is 5.91 Å². The molecule has 1 aliphatic rings. The molecule has 6 nitrogen and oxygen atoms in total. The zero-order valence-corrected chi connectivity index (χ0v) is 14.8. The molecule has 0 radical (unpaired) electrons. The van der Waals surface area contributed by atoms with Crippen LogP contribution in [0.1, 0.15) is 55.8 Å². The van der Waals surface area contributed by atoms with Gasteiger partial charge < -0.3 is 15.5 Å². The summed E-state index contributed by atoms with van der Waals surface area (Å²) in [6.07, 6.45) is 5.16. The third-order valence-electron chi connectivity index (χ3n) is 4.26. The number of unbranched alkanes of at least 4 members (excludes halogenated alkanes) is 2. The number of amides is 3. The molecule has 1 fully saturated rings. The minimum absolute atomic E-state index is 0.0237. The van der Waals surface area contributed by atoms with Crippen LogP contribution >= 0.6 is 0 Å². The van der Waals surface area contributed by atoms with E-state index in [9.17, 15) is 14.4 Å². The molecule has 0 bridgehead atoms. The first-order chi connectivity index (χ1) is 12.1. The molecule has 1 aromatic rings. The van der Waals surface area contributed by atoms with Crippen LogP contribution in [0, 0.1) is 0 Å². The molecule has 0 atom stereocenters. The van der Waals surface area contributed by atoms with Crippen molar-refractivity contribution in [3.63, 3.8) is 0 Å². The summed E-state index contributed by atoms with van der Waals surface area (Å²) in [6.45, 7) is 3.82. The van der Waals surface area contributed by atoms with Crippen molar-refractivity contribution in [2.75, 3.05) is 25.0 Å². The number of anilines is 1. The number of likely N-dealkylation sites (tertiary alicyclic amines) is 1. The molecule has 1 aromatic carbocycles. The van der Waals surface area contributed by atoms with Crippen LogP contribution in [-0.4, -0.2) is 42.3 Å². The summed E-state index contributed by atoms with van der Waals surface area (Å²) in [7, 11) is 0. The fourth-order valence-corrected chi connectivity index (χ4v) is 2.87. The standard InChI is InChI=1S/C19H27N3O3/c1-15(23)20-12-4-2-3-7-18(24)21-17-10-8-16(9-11-17)19(25)22-13-5-6-14-22/h8-11H,2-7,12-14H2,1H3,(H,20,23)(H,21,24). The highest BCUT2D eigenvalue weighted by Gasteiger charge is 2.19. The predicted molar refractivity (Wildman–Crippen MR) is 97.4 cm³/mol. The van der Waals surface area contributed by atoms with E-state index in [0.717, 1.165) is 45.2 Å². The van der Waals surface area contributed by atoms with Gasteiger partial charge in [0.2, 0.25) is 11.8 Å². The van der Waals surface area contributed by atoms with E-state index in [1.165, 1.54) is 6.92 Å². The lowest BCUT2D eigenvalue weighted by Crippen LogP contribution is -2.27. The predicted octanol–water partition coefficient (Wildman–Crippen LogP) is 2.56. The third kappa shape index (κ3) is 6.57. The minimum Gasteiger partial charge on any atom is -0.356 e. The van der Waals surface area contributed by atoms with Crippen molar-refractivity contribution >= 4 is 23.4 Å². The van der Waals surface area contributed by atoms with Gasteiger partial charge in [-0.15, -0.1) is 0 Å². The Balaban J connectivity index is 1.68. The number of rotatable bonds is 8. The molecule has 0 aliphatic carbocycles. The average Bonchev–Trinajstić information content (AvgIpc) is 3.12. The largest absolute Gasteiger partial charge is 0.356 e. The molecular weight excluding hydrogens is 318 g/mol. The van der Waals surface area contributed by atoms with Crippen molar-refractivity contribution in [2.24, 2.45) is 0 Å². The van der Waals surface area contributed by atoms with Crippen molar-refractivity contribution < 1.29 is 14.4 Å². The van der Waals surface area contributed by atoms with Crippen LogP contribution in [-0.2, 0) is 9.59 Å². The molecule has 1 aliphatic heterocycles. The van der Waals surface area contributed by atoms with Gasteiger partial charge in [0, 0.05) is 44.2 Å². The van der Waals surface area contributed by atoms with Crippen molar-refractivity contribution in [3.05, 3.63) is 29.8 Å². The lowest BCUT2D eigenvalue weighted by Gasteiger charge is -2.15. The number of nitrogens with zero attached hydrogens (tertiary/aromatic N) is 1. The minimum atomic E-state index is -0.0295. The van der Waals surface area contributed by atoms with Gasteiger partial charge in [-0.2, -0.15) is 0 Å². The number of hydrogen-bond acceptors (Lipinski definition) is 3. The van der Waals surface area contributed by atoms with Gasteiger partial charge in [-0.25, -0.2) is 0 Å². The Morgan fingerprint density at radius 1 is 1.00 bits per heavy atom. The molecule has 6 heteroatoms. The Bertz CT molecular complexity index is 592. The van der Waals surface area contributed by atoms with E-state index in [0.29, 0.717) is 24.2 Å². The fourth-order valence-electron chi connectivity index (χ4n) is 2.87. The summed E-state index contributed by atoms with van der Waals surface area (Å²) < 4.78 is 0. The van der Waals surface area contributed by atoms with E-state index in [4.69, 9.17) is 0 Å². The fraction of sp³-hybridized carbons (Fsp3) is 0.526. The molecule has 0 aromatic heterocycles. The van der Waals surface area contributed by atoms with Crippen molar-refractivity contribution in [1.29, 1.82) is 0 Å². The second kappa shape index (κ2) is 9.81. The quantitative estimate of drug-likeness (QED) is 0.711. The van der Waals surface area contributed by atoms with E-state index < -0.39 is 0 Å². The summed E-state index contributed by atoms with van der Waals surface area (Å²) in [4.78, 5) is 36.8. The first-order valence-corrected chi connectivity index (χ1v) is 9.00. The second-order valence-corrected chi connectivity index (χ2v) is 6.42. The Kier molecular flexibility index (Phi) is 7.44. The lowest BCUT2D eigenvalue weighted by atomic mass is 10.1. The summed E-state index contributed by atoms with van der Waals surface area (Å²) in [5.41, 5.74) is 1.37. The van der Waals surface area contributed by atoms with Crippen molar-refractivity contribution in [1.82, 2.24) is 10.2 Å². The van der Waals surface area contributed by atoms with Crippen LogP contribution in [0.2, 0.25) is 0 Å². The molecule has 136 valence electrons. The van der Waals surface area contributed by atoms with E-state index in [-0.39, 0.29) is 17.7 Å². The molecule has 0 spiro atoms. The van der Waals surface area contributed by atoms with Crippen LogP contribution in [0.4, 0.5) is 5.69 Å². The summed E-state index contributed by atoms with van der Waals surface area (Å²) >= 11 is 0. The summed E-state index contributed by atoms with van der Waals surface area (Å²) in [5, 5.41) is 5.59. The van der Waals surface area contributed by atoms with E-state index in [2.05, 4.69) is 10.6 Å². The number of hydrogen-bond donors (Lipinski definition) is 2.